The Hall–Kier alpha value is -1.07. The van der Waals surface area contributed by atoms with Crippen LogP contribution < -0.4 is 5.73 Å². The summed E-state index contributed by atoms with van der Waals surface area (Å²) in [5, 5.41) is 0. The van der Waals surface area contributed by atoms with Crippen LogP contribution in [0.3, 0.4) is 0 Å². The Balaban J connectivity index is 0.00000264. The number of nitrogens with zero attached hydrogens (tertiary/aromatic N) is 1. The molecule has 3 nitrogen and oxygen atoms in total. The zero-order valence-electron chi connectivity index (χ0n) is 12.9. The molecule has 23 heavy (non-hydrogen) atoms. The standard InChI is InChI=1S/C17H21ClN2OS.ClH/c18-16-9-7-15(22-16)8-10-17(21)20(12-4-11-19)13-14-5-2-1-3-6-14;/h1-3,5-7,9H,4,8,10-13,19H2;1H. The fourth-order valence-electron chi connectivity index (χ4n) is 2.25. The van der Waals surface area contributed by atoms with Crippen molar-refractivity contribution in [1.82, 2.24) is 4.90 Å². The average Bonchev–Trinajstić information content (AvgIpc) is 2.95. The van der Waals surface area contributed by atoms with E-state index in [0.717, 1.165) is 27.6 Å². The first-order chi connectivity index (χ1) is 10.7. The summed E-state index contributed by atoms with van der Waals surface area (Å²) in [4.78, 5) is 15.5. The van der Waals surface area contributed by atoms with Gasteiger partial charge in [-0.25, -0.2) is 0 Å². The monoisotopic (exact) mass is 372 g/mol. The Labute approximate surface area is 152 Å². The molecule has 1 aromatic carbocycles. The summed E-state index contributed by atoms with van der Waals surface area (Å²) in [6.07, 6.45) is 2.07. The zero-order chi connectivity index (χ0) is 15.8. The van der Waals surface area contributed by atoms with Crippen LogP contribution >= 0.6 is 35.3 Å². The van der Waals surface area contributed by atoms with Crippen LogP contribution in [0.2, 0.25) is 4.34 Å². The van der Waals surface area contributed by atoms with Gasteiger partial charge in [0, 0.05) is 24.4 Å². The van der Waals surface area contributed by atoms with Crippen molar-refractivity contribution in [3.8, 4) is 0 Å². The number of aryl methyl sites for hydroxylation is 1. The highest BCUT2D eigenvalue weighted by Crippen LogP contribution is 2.22. The van der Waals surface area contributed by atoms with E-state index in [9.17, 15) is 4.79 Å². The minimum Gasteiger partial charge on any atom is -0.338 e. The smallest absolute Gasteiger partial charge is 0.223 e. The fraction of sp³-hybridized carbons (Fsp3) is 0.353. The van der Waals surface area contributed by atoms with Gasteiger partial charge in [-0.2, -0.15) is 0 Å². The van der Waals surface area contributed by atoms with Crippen LogP contribution in [-0.2, 0) is 17.8 Å². The van der Waals surface area contributed by atoms with Crippen LogP contribution in [-0.4, -0.2) is 23.9 Å². The minimum absolute atomic E-state index is 0. The van der Waals surface area contributed by atoms with E-state index in [4.69, 9.17) is 17.3 Å². The van der Waals surface area contributed by atoms with Crippen molar-refractivity contribution >= 4 is 41.3 Å². The fourth-order valence-corrected chi connectivity index (χ4v) is 3.34. The maximum absolute atomic E-state index is 12.5. The summed E-state index contributed by atoms with van der Waals surface area (Å²) in [6, 6.07) is 13.9. The van der Waals surface area contributed by atoms with Crippen LogP contribution in [0.15, 0.2) is 42.5 Å². The lowest BCUT2D eigenvalue weighted by Gasteiger charge is -2.22. The highest BCUT2D eigenvalue weighted by Gasteiger charge is 2.14. The molecule has 0 aliphatic carbocycles. The molecule has 0 fully saturated rings. The molecule has 0 saturated heterocycles. The summed E-state index contributed by atoms with van der Waals surface area (Å²) in [6.45, 7) is 1.94. The summed E-state index contributed by atoms with van der Waals surface area (Å²) >= 11 is 7.46. The van der Waals surface area contributed by atoms with Gasteiger partial charge in [0.1, 0.15) is 0 Å². The summed E-state index contributed by atoms with van der Waals surface area (Å²) in [5.41, 5.74) is 6.73. The molecule has 6 heteroatoms. The van der Waals surface area contributed by atoms with Crippen molar-refractivity contribution in [2.24, 2.45) is 5.73 Å². The topological polar surface area (TPSA) is 46.3 Å². The van der Waals surface area contributed by atoms with Gasteiger partial charge < -0.3 is 10.6 Å². The van der Waals surface area contributed by atoms with Gasteiger partial charge in [0.2, 0.25) is 5.91 Å². The molecule has 126 valence electrons. The van der Waals surface area contributed by atoms with Crippen molar-refractivity contribution < 1.29 is 4.79 Å². The van der Waals surface area contributed by atoms with Gasteiger partial charge in [0.05, 0.1) is 4.34 Å². The van der Waals surface area contributed by atoms with E-state index in [1.807, 2.05) is 47.4 Å². The van der Waals surface area contributed by atoms with Crippen LogP contribution in [0.5, 0.6) is 0 Å². The van der Waals surface area contributed by atoms with Crippen LogP contribution in [0.1, 0.15) is 23.3 Å². The normalized spacial score (nSPS) is 10.2. The Morgan fingerprint density at radius 1 is 1.17 bits per heavy atom. The lowest BCUT2D eigenvalue weighted by molar-refractivity contribution is -0.131. The number of halogens is 2. The Morgan fingerprint density at radius 3 is 2.52 bits per heavy atom. The molecule has 2 N–H and O–H groups in total. The number of rotatable bonds is 8. The Morgan fingerprint density at radius 2 is 1.91 bits per heavy atom. The van der Waals surface area contributed by atoms with Crippen molar-refractivity contribution in [2.45, 2.75) is 25.8 Å². The number of hydrogen-bond acceptors (Lipinski definition) is 3. The third-order valence-electron chi connectivity index (χ3n) is 3.42. The van der Waals surface area contributed by atoms with Crippen molar-refractivity contribution in [3.05, 3.63) is 57.2 Å². The molecule has 0 radical (unpaired) electrons. The van der Waals surface area contributed by atoms with E-state index < -0.39 is 0 Å². The number of thiophene rings is 1. The Bertz CT molecular complexity index is 589. The highest BCUT2D eigenvalue weighted by atomic mass is 35.5. The molecule has 2 aromatic rings. The molecule has 0 unspecified atom stereocenters. The molecule has 1 amide bonds. The molecule has 0 bridgehead atoms. The molecule has 0 saturated carbocycles. The first-order valence-electron chi connectivity index (χ1n) is 7.45. The van der Waals surface area contributed by atoms with Crippen LogP contribution in [0.4, 0.5) is 0 Å². The second-order valence-corrected chi connectivity index (χ2v) is 6.95. The lowest BCUT2D eigenvalue weighted by atomic mass is 10.2. The molecule has 0 atom stereocenters. The molecule has 2 rings (SSSR count). The quantitative estimate of drug-likeness (QED) is 0.756. The van der Waals surface area contributed by atoms with E-state index in [-0.39, 0.29) is 18.3 Å². The summed E-state index contributed by atoms with van der Waals surface area (Å²) in [5.74, 6) is 0.168. The molecular weight excluding hydrogens is 351 g/mol. The van der Waals surface area contributed by atoms with Crippen LogP contribution in [0, 0.1) is 0 Å². The molecule has 0 aliphatic heterocycles. The minimum atomic E-state index is 0. The first-order valence-corrected chi connectivity index (χ1v) is 8.64. The molecule has 0 aliphatic rings. The maximum Gasteiger partial charge on any atom is 0.223 e. The zero-order valence-corrected chi connectivity index (χ0v) is 15.3. The van der Waals surface area contributed by atoms with Crippen molar-refractivity contribution in [3.63, 3.8) is 0 Å². The predicted molar refractivity (Wildman–Crippen MR) is 100 cm³/mol. The predicted octanol–water partition coefficient (Wildman–Crippen LogP) is 4.13. The van der Waals surface area contributed by atoms with Crippen molar-refractivity contribution in [2.75, 3.05) is 13.1 Å². The largest absolute Gasteiger partial charge is 0.338 e. The Kier molecular flexibility index (Phi) is 9.26. The van der Waals surface area contributed by atoms with E-state index in [1.54, 1.807) is 0 Å². The highest BCUT2D eigenvalue weighted by molar-refractivity contribution is 7.16. The van der Waals surface area contributed by atoms with Gasteiger partial charge in [-0.3, -0.25) is 4.79 Å². The number of carbonyl (C=O) groups is 1. The maximum atomic E-state index is 12.5. The SMILES string of the molecule is Cl.NCCCN(Cc1ccccc1)C(=O)CCc1ccc(Cl)s1. The summed E-state index contributed by atoms with van der Waals surface area (Å²) in [7, 11) is 0. The molecular formula is C17H22Cl2N2OS. The van der Waals surface area contributed by atoms with E-state index in [1.165, 1.54) is 11.3 Å². The number of amides is 1. The summed E-state index contributed by atoms with van der Waals surface area (Å²) < 4.78 is 0.770. The van der Waals surface area contributed by atoms with Gasteiger partial charge >= 0.3 is 0 Å². The van der Waals surface area contributed by atoms with Gasteiger partial charge in [0.25, 0.3) is 0 Å². The first kappa shape index (κ1) is 20.0. The van der Waals surface area contributed by atoms with Gasteiger partial charge in [-0.1, -0.05) is 41.9 Å². The molecule has 1 heterocycles. The third-order valence-corrected chi connectivity index (χ3v) is 4.71. The van der Waals surface area contributed by atoms with E-state index >= 15 is 0 Å². The van der Waals surface area contributed by atoms with Gasteiger partial charge in [-0.15, -0.1) is 23.7 Å². The van der Waals surface area contributed by atoms with Gasteiger partial charge in [0.15, 0.2) is 0 Å². The van der Waals surface area contributed by atoms with E-state index in [0.29, 0.717) is 26.1 Å². The number of hydrogen-bond donors (Lipinski definition) is 1. The molecule has 1 aromatic heterocycles. The second kappa shape index (κ2) is 10.7. The second-order valence-electron chi connectivity index (χ2n) is 5.15. The molecule has 0 spiro atoms. The van der Waals surface area contributed by atoms with Crippen molar-refractivity contribution in [1.29, 1.82) is 0 Å². The number of nitrogens with two attached hydrogens (primary N) is 1. The van der Waals surface area contributed by atoms with E-state index in [2.05, 4.69) is 0 Å². The lowest BCUT2D eigenvalue weighted by Crippen LogP contribution is -2.32. The van der Waals surface area contributed by atoms with Gasteiger partial charge in [-0.05, 0) is 37.1 Å². The average molecular weight is 373 g/mol. The number of carbonyl (C=O) groups excluding carboxylic acids is 1. The number of benzene rings is 1. The van der Waals surface area contributed by atoms with Crippen LogP contribution in [0.25, 0.3) is 0 Å². The third kappa shape index (κ3) is 6.92.